The second-order valence-corrected chi connectivity index (χ2v) is 8.06. The van der Waals surface area contributed by atoms with E-state index in [-0.39, 0.29) is 17.6 Å². The van der Waals surface area contributed by atoms with Crippen LogP contribution in [0.2, 0.25) is 0 Å². The number of nitrogens with one attached hydrogen (secondary N) is 3. The molecule has 1 aliphatic rings. The van der Waals surface area contributed by atoms with Gasteiger partial charge in [0.2, 0.25) is 5.91 Å². The van der Waals surface area contributed by atoms with Gasteiger partial charge in [0, 0.05) is 33.7 Å². The number of guanidine groups is 1. The Labute approximate surface area is 182 Å². The number of aromatic amines is 1. The van der Waals surface area contributed by atoms with Gasteiger partial charge >= 0.3 is 0 Å². The summed E-state index contributed by atoms with van der Waals surface area (Å²) in [6.45, 7) is 0. The van der Waals surface area contributed by atoms with E-state index in [0.717, 1.165) is 32.9 Å². The molecule has 1 unspecified atom stereocenters. The van der Waals surface area contributed by atoms with Crippen LogP contribution in [0, 0.1) is 0 Å². The minimum absolute atomic E-state index is 0.115. The number of hydrogen-bond acceptors (Lipinski definition) is 6. The van der Waals surface area contributed by atoms with Gasteiger partial charge in [-0.1, -0.05) is 66.4 Å². The molecule has 1 aromatic heterocycles. The molecule has 2 heterocycles. The fourth-order valence-electron chi connectivity index (χ4n) is 3.62. The molecule has 1 aliphatic heterocycles. The first-order valence-electron chi connectivity index (χ1n) is 9.82. The van der Waals surface area contributed by atoms with Crippen LogP contribution in [0.3, 0.4) is 0 Å². The molecule has 0 spiro atoms. The van der Waals surface area contributed by atoms with Crippen molar-refractivity contribution in [3.63, 3.8) is 0 Å². The zero-order valence-electron chi connectivity index (χ0n) is 16.5. The molecule has 0 radical (unpaired) electrons. The first kappa shape index (κ1) is 19.2. The lowest BCUT2D eigenvalue weighted by Crippen LogP contribution is -2.39. The van der Waals surface area contributed by atoms with Crippen LogP contribution in [0.25, 0.3) is 21.7 Å². The van der Waals surface area contributed by atoms with Crippen molar-refractivity contribution >= 4 is 56.2 Å². The van der Waals surface area contributed by atoms with Gasteiger partial charge in [-0.05, 0) is 17.5 Å². The number of para-hydroxylation sites is 1. The summed E-state index contributed by atoms with van der Waals surface area (Å²) in [6, 6.07) is 21.8. The van der Waals surface area contributed by atoms with Crippen LogP contribution >= 0.6 is 11.8 Å². The van der Waals surface area contributed by atoms with E-state index in [4.69, 9.17) is 5.73 Å². The zero-order chi connectivity index (χ0) is 21.2. The van der Waals surface area contributed by atoms with Crippen molar-refractivity contribution in [2.75, 3.05) is 11.1 Å². The third-order valence-corrected chi connectivity index (χ3v) is 5.93. The lowest BCUT2D eigenvalue weighted by Gasteiger charge is -2.18. The van der Waals surface area contributed by atoms with Gasteiger partial charge in [-0.2, -0.15) is 0 Å². The van der Waals surface area contributed by atoms with E-state index in [0.29, 0.717) is 5.17 Å². The number of rotatable bonds is 4. The number of carbonyl (C=O) groups is 1. The van der Waals surface area contributed by atoms with Gasteiger partial charge in [0.25, 0.3) is 0 Å². The number of amidine groups is 1. The number of aromatic nitrogens is 1. The maximum Gasteiger partial charge on any atom is 0.234 e. The first-order chi connectivity index (χ1) is 15.2. The minimum Gasteiger partial charge on any atom is -0.370 e. The highest BCUT2D eigenvalue weighted by Crippen LogP contribution is 2.29. The van der Waals surface area contributed by atoms with Crippen LogP contribution < -0.4 is 16.4 Å². The van der Waals surface area contributed by atoms with Crippen LogP contribution in [-0.4, -0.2) is 27.8 Å². The fraction of sp³-hybridized carbons (Fsp3) is 0.0870. The Morgan fingerprint density at radius 3 is 2.68 bits per heavy atom. The standard InChI is InChI=1S/C23H20N6OS/c24-22-27-21(17-12-25-18-10-4-3-9-16(17)18)28-23(29-22)31-13-20(30)26-19-11-5-7-14-6-1-2-8-15(14)19/h1-12,21,25H,13H2,(H,26,30)(H3,24,27,28,29). The molecule has 5 rings (SSSR count). The van der Waals surface area contributed by atoms with Crippen LogP contribution in [0.4, 0.5) is 5.69 Å². The summed E-state index contributed by atoms with van der Waals surface area (Å²) in [6.07, 6.45) is 1.44. The molecule has 4 aromatic rings. The van der Waals surface area contributed by atoms with E-state index in [1.165, 1.54) is 11.8 Å². The summed E-state index contributed by atoms with van der Waals surface area (Å²) in [5, 5.41) is 9.65. The van der Waals surface area contributed by atoms with Gasteiger partial charge < -0.3 is 21.4 Å². The average molecular weight is 429 g/mol. The number of nitrogens with two attached hydrogens (primary N) is 1. The maximum atomic E-state index is 12.6. The van der Waals surface area contributed by atoms with Crippen molar-refractivity contribution in [2.45, 2.75) is 6.17 Å². The molecule has 1 amide bonds. The number of fused-ring (bicyclic) bond motifs is 2. The highest BCUT2D eigenvalue weighted by atomic mass is 32.2. The van der Waals surface area contributed by atoms with Gasteiger partial charge in [-0.3, -0.25) is 4.79 Å². The molecule has 3 aromatic carbocycles. The predicted octanol–water partition coefficient (Wildman–Crippen LogP) is 3.97. The van der Waals surface area contributed by atoms with Crippen LogP contribution in [0.1, 0.15) is 11.7 Å². The summed E-state index contributed by atoms with van der Waals surface area (Å²) in [4.78, 5) is 24.9. The number of benzene rings is 3. The summed E-state index contributed by atoms with van der Waals surface area (Å²) in [5.74, 6) is 0.362. The molecule has 7 nitrogen and oxygen atoms in total. The van der Waals surface area contributed by atoms with Crippen molar-refractivity contribution < 1.29 is 4.79 Å². The Kier molecular flexibility index (Phi) is 5.05. The van der Waals surface area contributed by atoms with E-state index >= 15 is 0 Å². The third-order valence-electron chi connectivity index (χ3n) is 5.04. The van der Waals surface area contributed by atoms with E-state index in [1.807, 2.05) is 72.9 Å². The number of hydrogen-bond donors (Lipinski definition) is 4. The molecule has 5 N–H and O–H groups in total. The summed E-state index contributed by atoms with van der Waals surface area (Å²) >= 11 is 1.30. The first-order valence-corrected chi connectivity index (χ1v) is 10.8. The Balaban J connectivity index is 1.30. The number of carbonyl (C=O) groups excluding carboxylic acids is 1. The smallest absolute Gasteiger partial charge is 0.234 e. The van der Waals surface area contributed by atoms with Crippen molar-refractivity contribution in [1.29, 1.82) is 0 Å². The molecule has 154 valence electrons. The minimum atomic E-state index is -0.457. The average Bonchev–Trinajstić information content (AvgIpc) is 3.22. The Morgan fingerprint density at radius 2 is 1.77 bits per heavy atom. The molecule has 8 heteroatoms. The SMILES string of the molecule is NC1=NC(c2c[nH]c3ccccc23)N=C(SCC(=O)Nc2cccc3ccccc23)N1. The second-order valence-electron chi connectivity index (χ2n) is 7.10. The van der Waals surface area contributed by atoms with Gasteiger partial charge in [0.05, 0.1) is 5.75 Å². The summed E-state index contributed by atoms with van der Waals surface area (Å²) in [7, 11) is 0. The molecular weight excluding hydrogens is 408 g/mol. The number of amides is 1. The maximum absolute atomic E-state index is 12.6. The van der Waals surface area contributed by atoms with Crippen molar-refractivity contribution in [2.24, 2.45) is 15.7 Å². The number of thioether (sulfide) groups is 1. The van der Waals surface area contributed by atoms with E-state index in [2.05, 4.69) is 25.6 Å². The topological polar surface area (TPSA) is 108 Å². The normalized spacial score (nSPS) is 15.9. The highest BCUT2D eigenvalue weighted by Gasteiger charge is 2.20. The Hall–Kier alpha value is -3.78. The molecular formula is C23H20N6OS. The van der Waals surface area contributed by atoms with Crippen molar-refractivity contribution in [3.8, 4) is 0 Å². The van der Waals surface area contributed by atoms with Gasteiger partial charge in [-0.25, -0.2) is 9.98 Å². The Bertz CT molecular complexity index is 1340. The summed E-state index contributed by atoms with van der Waals surface area (Å²) in [5.41, 5.74) is 8.74. The molecule has 0 bridgehead atoms. The van der Waals surface area contributed by atoms with Crippen LogP contribution in [-0.2, 0) is 4.79 Å². The van der Waals surface area contributed by atoms with Gasteiger partial charge in [-0.15, -0.1) is 0 Å². The van der Waals surface area contributed by atoms with Crippen LogP contribution in [0.5, 0.6) is 0 Å². The molecule has 31 heavy (non-hydrogen) atoms. The fourth-order valence-corrected chi connectivity index (χ4v) is 4.31. The second kappa shape index (κ2) is 8.16. The molecule has 0 fully saturated rings. The van der Waals surface area contributed by atoms with Gasteiger partial charge in [0.1, 0.15) is 0 Å². The predicted molar refractivity (Wildman–Crippen MR) is 128 cm³/mol. The highest BCUT2D eigenvalue weighted by molar-refractivity contribution is 8.14. The quantitative estimate of drug-likeness (QED) is 0.394. The lowest BCUT2D eigenvalue weighted by molar-refractivity contribution is -0.113. The number of nitrogens with zero attached hydrogens (tertiary/aromatic N) is 2. The third kappa shape index (κ3) is 3.97. The van der Waals surface area contributed by atoms with E-state index < -0.39 is 6.17 Å². The van der Waals surface area contributed by atoms with Crippen molar-refractivity contribution in [3.05, 3.63) is 78.5 Å². The van der Waals surface area contributed by atoms with E-state index in [9.17, 15) is 4.79 Å². The molecule has 1 atom stereocenters. The number of H-pyrrole nitrogens is 1. The van der Waals surface area contributed by atoms with E-state index in [1.54, 1.807) is 0 Å². The molecule has 0 saturated heterocycles. The summed E-state index contributed by atoms with van der Waals surface area (Å²) < 4.78 is 0. The zero-order valence-corrected chi connectivity index (χ0v) is 17.3. The Morgan fingerprint density at radius 1 is 1.00 bits per heavy atom. The monoisotopic (exact) mass is 428 g/mol. The molecule has 0 saturated carbocycles. The van der Waals surface area contributed by atoms with Crippen molar-refractivity contribution in [1.82, 2.24) is 10.3 Å². The molecule has 0 aliphatic carbocycles. The van der Waals surface area contributed by atoms with Gasteiger partial charge in [0.15, 0.2) is 17.3 Å². The lowest BCUT2D eigenvalue weighted by atomic mass is 10.1. The van der Waals surface area contributed by atoms with Crippen LogP contribution in [0.15, 0.2) is 82.9 Å². The largest absolute Gasteiger partial charge is 0.370 e. The number of aliphatic imine (C=N–C) groups is 2. The number of anilines is 1.